The summed E-state index contributed by atoms with van der Waals surface area (Å²) in [7, 11) is 0. The van der Waals surface area contributed by atoms with Crippen molar-refractivity contribution >= 4 is 5.91 Å². The summed E-state index contributed by atoms with van der Waals surface area (Å²) >= 11 is 0. The van der Waals surface area contributed by atoms with Gasteiger partial charge in [-0.05, 0) is 44.4 Å². The van der Waals surface area contributed by atoms with E-state index < -0.39 is 0 Å². The lowest BCUT2D eigenvalue weighted by Crippen LogP contribution is -2.48. The van der Waals surface area contributed by atoms with Gasteiger partial charge in [0.1, 0.15) is 0 Å². The molecule has 1 amide bonds. The van der Waals surface area contributed by atoms with Gasteiger partial charge in [-0.15, -0.1) is 0 Å². The fraction of sp³-hybridized carbons (Fsp3) is 0.941. The van der Waals surface area contributed by atoms with Gasteiger partial charge < -0.3 is 15.8 Å². The summed E-state index contributed by atoms with van der Waals surface area (Å²) in [6.07, 6.45) is 10.8. The monoisotopic (exact) mass is 296 g/mol. The summed E-state index contributed by atoms with van der Waals surface area (Å²) in [5.41, 5.74) is 5.59. The third-order valence-electron chi connectivity index (χ3n) is 5.40. The van der Waals surface area contributed by atoms with Crippen LogP contribution in [0.15, 0.2) is 0 Å². The van der Waals surface area contributed by atoms with E-state index in [4.69, 9.17) is 10.5 Å². The van der Waals surface area contributed by atoms with Crippen molar-refractivity contribution in [3.63, 3.8) is 0 Å². The molecule has 0 saturated heterocycles. The maximum absolute atomic E-state index is 12.5. The van der Waals surface area contributed by atoms with E-state index in [0.717, 1.165) is 31.6 Å². The highest BCUT2D eigenvalue weighted by Crippen LogP contribution is 2.38. The Balaban J connectivity index is 1.67. The molecule has 0 unspecified atom stereocenters. The molecule has 0 aromatic carbocycles. The molecule has 2 fully saturated rings. The molecule has 4 nitrogen and oxygen atoms in total. The molecule has 0 spiro atoms. The molecule has 0 atom stereocenters. The van der Waals surface area contributed by atoms with Crippen molar-refractivity contribution in [1.82, 2.24) is 5.32 Å². The lowest BCUT2D eigenvalue weighted by atomic mass is 9.70. The first-order chi connectivity index (χ1) is 10.2. The van der Waals surface area contributed by atoms with Crippen LogP contribution < -0.4 is 11.1 Å². The van der Waals surface area contributed by atoms with Crippen molar-refractivity contribution in [1.29, 1.82) is 0 Å². The van der Waals surface area contributed by atoms with Gasteiger partial charge in [0.05, 0.1) is 18.1 Å². The predicted octanol–water partition coefficient (Wildman–Crippen LogP) is 2.61. The summed E-state index contributed by atoms with van der Waals surface area (Å²) in [6, 6.07) is 0. The molecule has 2 aliphatic rings. The summed E-state index contributed by atoms with van der Waals surface area (Å²) < 4.78 is 5.86. The fourth-order valence-corrected chi connectivity index (χ4v) is 3.65. The van der Waals surface area contributed by atoms with Crippen LogP contribution in [0.25, 0.3) is 0 Å². The number of nitrogens with two attached hydrogens (primary N) is 1. The molecular weight excluding hydrogens is 264 g/mol. The van der Waals surface area contributed by atoms with Gasteiger partial charge in [-0.2, -0.15) is 0 Å². The van der Waals surface area contributed by atoms with Crippen molar-refractivity contribution < 1.29 is 9.53 Å². The summed E-state index contributed by atoms with van der Waals surface area (Å²) in [4.78, 5) is 12.5. The third kappa shape index (κ3) is 4.68. The Labute approximate surface area is 129 Å². The topological polar surface area (TPSA) is 64.4 Å². The Bertz CT molecular complexity index is 319. The molecule has 0 aliphatic heterocycles. The molecule has 0 heterocycles. The van der Waals surface area contributed by atoms with Gasteiger partial charge in [-0.25, -0.2) is 0 Å². The number of nitrogens with one attached hydrogen (secondary N) is 1. The highest BCUT2D eigenvalue weighted by atomic mass is 16.5. The molecule has 0 bridgehead atoms. The smallest absolute Gasteiger partial charge is 0.227 e. The second-order valence-corrected chi connectivity index (χ2v) is 7.05. The summed E-state index contributed by atoms with van der Waals surface area (Å²) in [6.45, 7) is 3.98. The van der Waals surface area contributed by atoms with Crippen LogP contribution in [0.2, 0.25) is 0 Å². The van der Waals surface area contributed by atoms with Crippen LogP contribution in [0.4, 0.5) is 0 Å². The maximum Gasteiger partial charge on any atom is 0.227 e. The van der Waals surface area contributed by atoms with Crippen LogP contribution in [0.1, 0.15) is 64.7 Å². The van der Waals surface area contributed by atoms with Crippen LogP contribution in [0, 0.1) is 11.3 Å². The molecule has 0 aromatic heterocycles. The van der Waals surface area contributed by atoms with Crippen LogP contribution in [-0.2, 0) is 9.53 Å². The fourth-order valence-electron chi connectivity index (χ4n) is 3.65. The number of amides is 1. The van der Waals surface area contributed by atoms with Crippen LogP contribution in [-0.4, -0.2) is 31.7 Å². The first-order valence-electron chi connectivity index (χ1n) is 8.76. The molecule has 2 saturated carbocycles. The van der Waals surface area contributed by atoms with E-state index in [1.807, 2.05) is 0 Å². The normalized spacial score (nSPS) is 31.0. The average molecular weight is 296 g/mol. The quantitative estimate of drug-likeness (QED) is 0.741. The van der Waals surface area contributed by atoms with Crippen LogP contribution >= 0.6 is 0 Å². The maximum atomic E-state index is 12.5. The van der Waals surface area contributed by atoms with Gasteiger partial charge in [-0.3, -0.25) is 4.79 Å². The van der Waals surface area contributed by atoms with Gasteiger partial charge >= 0.3 is 0 Å². The van der Waals surface area contributed by atoms with E-state index in [1.54, 1.807) is 0 Å². The summed E-state index contributed by atoms with van der Waals surface area (Å²) in [5, 5.41) is 3.05. The second-order valence-electron chi connectivity index (χ2n) is 7.05. The molecule has 2 rings (SSSR count). The molecule has 0 radical (unpaired) electrons. The Kier molecular flexibility index (Phi) is 6.49. The number of hydrogen-bond donors (Lipinski definition) is 2. The van der Waals surface area contributed by atoms with E-state index >= 15 is 0 Å². The average Bonchev–Trinajstić information content (AvgIpc) is 2.53. The first-order valence-corrected chi connectivity index (χ1v) is 8.76. The van der Waals surface area contributed by atoms with E-state index in [1.165, 1.54) is 32.1 Å². The summed E-state index contributed by atoms with van der Waals surface area (Å²) in [5.74, 6) is 0.872. The molecule has 21 heavy (non-hydrogen) atoms. The van der Waals surface area contributed by atoms with Crippen LogP contribution in [0.3, 0.4) is 0 Å². The van der Waals surface area contributed by atoms with E-state index in [2.05, 4.69) is 12.2 Å². The minimum absolute atomic E-state index is 0.143. The van der Waals surface area contributed by atoms with Gasteiger partial charge in [0.25, 0.3) is 0 Å². The minimum Gasteiger partial charge on any atom is -0.376 e. The molecule has 2 aliphatic carbocycles. The van der Waals surface area contributed by atoms with Gasteiger partial charge in [0.15, 0.2) is 0 Å². The first kappa shape index (κ1) is 16.8. The van der Waals surface area contributed by atoms with Crippen molar-refractivity contribution in [2.24, 2.45) is 17.1 Å². The van der Waals surface area contributed by atoms with Gasteiger partial charge in [0.2, 0.25) is 5.91 Å². The zero-order valence-electron chi connectivity index (χ0n) is 13.5. The standard InChI is InChI=1S/C17H32N2O2/c1-14-7-9-17(13-18,10-8-14)16(20)19-11-12-21-15-5-3-2-4-6-15/h14-15H,2-13,18H2,1H3,(H,19,20). The van der Waals surface area contributed by atoms with Crippen molar-refractivity contribution in [2.75, 3.05) is 19.7 Å². The number of carbonyl (C=O) groups excluding carboxylic acids is 1. The number of ether oxygens (including phenoxy) is 1. The van der Waals surface area contributed by atoms with Gasteiger partial charge in [0, 0.05) is 13.1 Å². The van der Waals surface area contributed by atoms with E-state index in [-0.39, 0.29) is 11.3 Å². The second kappa shape index (κ2) is 8.14. The Morgan fingerprint density at radius 2 is 1.86 bits per heavy atom. The largest absolute Gasteiger partial charge is 0.376 e. The predicted molar refractivity (Wildman–Crippen MR) is 85.0 cm³/mol. The zero-order valence-corrected chi connectivity index (χ0v) is 13.5. The van der Waals surface area contributed by atoms with Crippen molar-refractivity contribution in [3.05, 3.63) is 0 Å². The molecule has 4 heteroatoms. The number of rotatable bonds is 6. The third-order valence-corrected chi connectivity index (χ3v) is 5.40. The van der Waals surface area contributed by atoms with E-state index in [9.17, 15) is 4.79 Å². The van der Waals surface area contributed by atoms with Crippen molar-refractivity contribution in [3.8, 4) is 0 Å². The molecule has 122 valence electrons. The SMILES string of the molecule is CC1CCC(CN)(C(=O)NCCOC2CCCCC2)CC1. The lowest BCUT2D eigenvalue weighted by Gasteiger charge is -2.37. The number of carbonyl (C=O) groups is 1. The highest BCUT2D eigenvalue weighted by Gasteiger charge is 2.39. The van der Waals surface area contributed by atoms with Crippen molar-refractivity contribution in [2.45, 2.75) is 70.8 Å². The lowest BCUT2D eigenvalue weighted by molar-refractivity contribution is -0.133. The van der Waals surface area contributed by atoms with E-state index in [0.29, 0.717) is 25.8 Å². The Morgan fingerprint density at radius 3 is 2.48 bits per heavy atom. The van der Waals surface area contributed by atoms with Gasteiger partial charge in [-0.1, -0.05) is 26.2 Å². The highest BCUT2D eigenvalue weighted by molar-refractivity contribution is 5.83. The molecule has 3 N–H and O–H groups in total. The Morgan fingerprint density at radius 1 is 1.19 bits per heavy atom. The van der Waals surface area contributed by atoms with Crippen LogP contribution in [0.5, 0.6) is 0 Å². The minimum atomic E-state index is -0.322. The Hall–Kier alpha value is -0.610. The molecule has 0 aromatic rings. The molecular formula is C17H32N2O2. The number of hydrogen-bond acceptors (Lipinski definition) is 3. The zero-order chi connectivity index (χ0) is 15.1.